The van der Waals surface area contributed by atoms with Crippen LogP contribution in [0.4, 0.5) is 0 Å². The second kappa shape index (κ2) is 3.54. The molecule has 3 nitrogen and oxygen atoms in total. The van der Waals surface area contributed by atoms with Gasteiger partial charge in [0, 0.05) is 13.1 Å². The molecule has 1 unspecified atom stereocenters. The zero-order valence-corrected chi connectivity index (χ0v) is 8.83. The average Bonchev–Trinajstić information content (AvgIpc) is 2.88. The van der Waals surface area contributed by atoms with E-state index >= 15 is 0 Å². The molecule has 1 atom stereocenters. The van der Waals surface area contributed by atoms with E-state index in [9.17, 15) is 4.79 Å². The summed E-state index contributed by atoms with van der Waals surface area (Å²) in [5, 5.41) is 9.14. The molecule has 0 aromatic rings. The fraction of sp³-hybridized carbons (Fsp3) is 0.909. The van der Waals surface area contributed by atoms with Crippen LogP contribution in [0.15, 0.2) is 0 Å². The molecule has 1 saturated carbocycles. The summed E-state index contributed by atoms with van der Waals surface area (Å²) in [6.07, 6.45) is 4.57. The maximum atomic E-state index is 11.1. The number of rotatable bonds is 3. The van der Waals surface area contributed by atoms with Gasteiger partial charge in [-0.05, 0) is 45.1 Å². The van der Waals surface area contributed by atoms with Gasteiger partial charge < -0.3 is 10.0 Å². The molecule has 0 spiro atoms. The fourth-order valence-electron chi connectivity index (χ4n) is 2.34. The number of aliphatic carboxylic acids is 1. The summed E-state index contributed by atoms with van der Waals surface area (Å²) in [6, 6.07) is 0. The Morgan fingerprint density at radius 1 is 1.57 bits per heavy atom. The second-order valence-corrected chi connectivity index (χ2v) is 5.15. The summed E-state index contributed by atoms with van der Waals surface area (Å²) in [6.45, 7) is 4.86. The van der Waals surface area contributed by atoms with Crippen LogP contribution in [-0.4, -0.2) is 35.6 Å². The Balaban J connectivity index is 1.91. The van der Waals surface area contributed by atoms with Crippen molar-refractivity contribution < 1.29 is 9.90 Å². The van der Waals surface area contributed by atoms with Crippen LogP contribution in [0.1, 0.15) is 32.6 Å². The van der Waals surface area contributed by atoms with Gasteiger partial charge in [-0.15, -0.1) is 0 Å². The molecule has 0 aromatic heterocycles. The van der Waals surface area contributed by atoms with Gasteiger partial charge in [-0.3, -0.25) is 4.79 Å². The van der Waals surface area contributed by atoms with Crippen LogP contribution in [0.5, 0.6) is 0 Å². The molecule has 80 valence electrons. The summed E-state index contributed by atoms with van der Waals surface area (Å²) in [4.78, 5) is 13.4. The summed E-state index contributed by atoms with van der Waals surface area (Å²) in [5.74, 6) is 0.240. The number of carboxylic acids is 1. The van der Waals surface area contributed by atoms with Gasteiger partial charge >= 0.3 is 5.97 Å². The van der Waals surface area contributed by atoms with Gasteiger partial charge in [-0.2, -0.15) is 0 Å². The van der Waals surface area contributed by atoms with Crippen molar-refractivity contribution in [2.45, 2.75) is 32.6 Å². The van der Waals surface area contributed by atoms with Crippen molar-refractivity contribution in [3.05, 3.63) is 0 Å². The van der Waals surface area contributed by atoms with Crippen molar-refractivity contribution >= 4 is 5.97 Å². The molecular formula is C11H19NO2. The number of likely N-dealkylation sites (tertiary alicyclic amines) is 1. The molecule has 3 heteroatoms. The second-order valence-electron chi connectivity index (χ2n) is 5.15. The van der Waals surface area contributed by atoms with E-state index in [1.807, 2.05) is 6.92 Å². The van der Waals surface area contributed by atoms with Crippen LogP contribution >= 0.6 is 0 Å². The first-order valence-electron chi connectivity index (χ1n) is 5.56. The van der Waals surface area contributed by atoms with Crippen molar-refractivity contribution in [2.75, 3.05) is 19.6 Å². The number of carbonyl (C=O) groups is 1. The maximum absolute atomic E-state index is 11.1. The first-order valence-corrected chi connectivity index (χ1v) is 5.56. The third-order valence-electron chi connectivity index (χ3n) is 3.51. The Bertz CT molecular complexity index is 237. The minimum absolute atomic E-state index is 0.493. The molecule has 1 aliphatic heterocycles. The zero-order chi connectivity index (χ0) is 10.2. The molecule has 0 amide bonds. The Kier molecular flexibility index (Phi) is 2.52. The fourth-order valence-corrected chi connectivity index (χ4v) is 2.34. The van der Waals surface area contributed by atoms with E-state index in [4.69, 9.17) is 5.11 Å². The smallest absolute Gasteiger partial charge is 0.310 e. The van der Waals surface area contributed by atoms with E-state index in [1.165, 1.54) is 12.8 Å². The van der Waals surface area contributed by atoms with Crippen LogP contribution in [-0.2, 0) is 4.79 Å². The SMILES string of the molecule is CC1(C(=O)O)CCCN(CC2CC2)C1. The number of carboxylic acid groups (broad SMARTS) is 1. The first-order chi connectivity index (χ1) is 6.60. The number of hydrogen-bond donors (Lipinski definition) is 1. The van der Waals surface area contributed by atoms with Crippen molar-refractivity contribution in [1.82, 2.24) is 4.90 Å². The molecule has 0 bridgehead atoms. The van der Waals surface area contributed by atoms with Gasteiger partial charge in [0.25, 0.3) is 0 Å². The van der Waals surface area contributed by atoms with Crippen molar-refractivity contribution in [3.63, 3.8) is 0 Å². The van der Waals surface area contributed by atoms with Crippen LogP contribution in [0.2, 0.25) is 0 Å². The summed E-state index contributed by atoms with van der Waals surface area (Å²) >= 11 is 0. The third kappa shape index (κ3) is 2.08. The monoisotopic (exact) mass is 197 g/mol. The molecule has 2 fully saturated rings. The van der Waals surface area contributed by atoms with Crippen molar-refractivity contribution in [2.24, 2.45) is 11.3 Å². The highest BCUT2D eigenvalue weighted by molar-refractivity contribution is 5.74. The highest BCUT2D eigenvalue weighted by atomic mass is 16.4. The number of piperidine rings is 1. The van der Waals surface area contributed by atoms with Gasteiger partial charge in [0.15, 0.2) is 0 Å². The zero-order valence-electron chi connectivity index (χ0n) is 8.83. The Morgan fingerprint density at radius 2 is 2.29 bits per heavy atom. The molecule has 1 saturated heterocycles. The van der Waals surface area contributed by atoms with Gasteiger partial charge in [0.2, 0.25) is 0 Å². The quantitative estimate of drug-likeness (QED) is 0.746. The Labute approximate surface area is 85.1 Å². The third-order valence-corrected chi connectivity index (χ3v) is 3.51. The van der Waals surface area contributed by atoms with Crippen LogP contribution in [0.3, 0.4) is 0 Å². The van der Waals surface area contributed by atoms with E-state index in [2.05, 4.69) is 4.90 Å². The van der Waals surface area contributed by atoms with Gasteiger partial charge in [0.05, 0.1) is 5.41 Å². The van der Waals surface area contributed by atoms with Gasteiger partial charge in [-0.25, -0.2) is 0 Å². The van der Waals surface area contributed by atoms with E-state index in [0.29, 0.717) is 0 Å². The lowest BCUT2D eigenvalue weighted by Gasteiger charge is -2.37. The highest BCUT2D eigenvalue weighted by Gasteiger charge is 2.39. The predicted octanol–water partition coefficient (Wildman–Crippen LogP) is 1.58. The first kappa shape index (κ1) is 9.97. The molecule has 1 heterocycles. The van der Waals surface area contributed by atoms with Crippen molar-refractivity contribution in [3.8, 4) is 0 Å². The summed E-state index contributed by atoms with van der Waals surface area (Å²) in [7, 11) is 0. The molecule has 2 aliphatic rings. The Morgan fingerprint density at radius 3 is 2.86 bits per heavy atom. The summed E-state index contributed by atoms with van der Waals surface area (Å²) in [5.41, 5.74) is -0.493. The van der Waals surface area contributed by atoms with Gasteiger partial charge in [0.1, 0.15) is 0 Å². The number of nitrogens with zero attached hydrogens (tertiary/aromatic N) is 1. The molecule has 0 aromatic carbocycles. The van der Waals surface area contributed by atoms with E-state index in [-0.39, 0.29) is 0 Å². The number of hydrogen-bond acceptors (Lipinski definition) is 2. The molecule has 0 radical (unpaired) electrons. The standard InChI is InChI=1S/C11H19NO2/c1-11(10(13)14)5-2-6-12(8-11)7-9-3-4-9/h9H,2-8H2,1H3,(H,13,14). The minimum Gasteiger partial charge on any atom is -0.481 e. The molecule has 2 rings (SSSR count). The van der Waals surface area contributed by atoms with Crippen LogP contribution in [0.25, 0.3) is 0 Å². The largest absolute Gasteiger partial charge is 0.481 e. The predicted molar refractivity (Wildman–Crippen MR) is 54.1 cm³/mol. The van der Waals surface area contributed by atoms with Crippen LogP contribution < -0.4 is 0 Å². The molecular weight excluding hydrogens is 178 g/mol. The summed E-state index contributed by atoms with van der Waals surface area (Å²) < 4.78 is 0. The van der Waals surface area contributed by atoms with E-state index in [1.54, 1.807) is 0 Å². The lowest BCUT2D eigenvalue weighted by molar-refractivity contribution is -0.151. The Hall–Kier alpha value is -0.570. The van der Waals surface area contributed by atoms with Gasteiger partial charge in [-0.1, -0.05) is 0 Å². The lowest BCUT2D eigenvalue weighted by Crippen LogP contribution is -2.46. The lowest BCUT2D eigenvalue weighted by atomic mass is 9.82. The highest BCUT2D eigenvalue weighted by Crippen LogP contribution is 2.34. The topological polar surface area (TPSA) is 40.5 Å². The normalized spacial score (nSPS) is 34.4. The minimum atomic E-state index is -0.627. The molecule has 1 N–H and O–H groups in total. The van der Waals surface area contributed by atoms with Crippen molar-refractivity contribution in [1.29, 1.82) is 0 Å². The average molecular weight is 197 g/mol. The van der Waals surface area contributed by atoms with E-state index < -0.39 is 11.4 Å². The van der Waals surface area contributed by atoms with Crippen LogP contribution in [0, 0.1) is 11.3 Å². The molecule has 1 aliphatic carbocycles. The molecule has 14 heavy (non-hydrogen) atoms. The maximum Gasteiger partial charge on any atom is 0.310 e. The van der Waals surface area contributed by atoms with E-state index in [0.717, 1.165) is 38.4 Å².